The van der Waals surface area contributed by atoms with E-state index in [0.717, 1.165) is 4.09 Å². The minimum Gasteiger partial charge on any atom is -0.258 e. The first-order valence-electron chi connectivity index (χ1n) is 3.07. The lowest BCUT2D eigenvalue weighted by atomic mass is 10.3. The molecule has 0 aromatic carbocycles. The molecule has 0 atom stereocenters. The van der Waals surface area contributed by atoms with Gasteiger partial charge in [0.05, 0.1) is 4.92 Å². The van der Waals surface area contributed by atoms with Crippen LogP contribution in [0.4, 0.5) is 9.57 Å². The fourth-order valence-electron chi connectivity index (χ4n) is 0.942. The Balaban J connectivity index is 3.28. The highest BCUT2D eigenvalue weighted by molar-refractivity contribution is 7.92. The number of nitrogens with zero attached hydrogens (tertiary/aromatic N) is 3. The molecule has 1 heterocycles. The molecule has 12 heavy (non-hydrogen) atoms. The van der Waals surface area contributed by atoms with Gasteiger partial charge in [-0.3, -0.25) is 10.1 Å². The van der Waals surface area contributed by atoms with Crippen LogP contribution in [-0.2, 0) is 0 Å². The molecule has 0 fully saturated rings. The van der Waals surface area contributed by atoms with E-state index in [1.54, 1.807) is 0 Å². The molecule has 0 amide bonds. The van der Waals surface area contributed by atoms with Crippen molar-refractivity contribution in [3.05, 3.63) is 21.5 Å². The van der Waals surface area contributed by atoms with Crippen molar-refractivity contribution in [1.29, 1.82) is 0 Å². The van der Waals surface area contributed by atoms with E-state index in [1.807, 2.05) is 0 Å². The van der Waals surface area contributed by atoms with Gasteiger partial charge in [-0.1, -0.05) is 0 Å². The zero-order chi connectivity index (χ0) is 9.30. The number of aromatic nitrogens is 2. The maximum atomic E-state index is 12.0. The average Bonchev–Trinajstić information content (AvgIpc) is 2.25. The van der Waals surface area contributed by atoms with Gasteiger partial charge >= 0.3 is 5.69 Å². The molecular formula is C5H6FN3O2S. The Morgan fingerprint density at radius 1 is 1.67 bits per heavy atom. The van der Waals surface area contributed by atoms with Crippen molar-refractivity contribution in [3.8, 4) is 0 Å². The first-order valence-corrected chi connectivity index (χ1v) is 3.75. The van der Waals surface area contributed by atoms with Gasteiger partial charge in [-0.05, 0) is 13.8 Å². The lowest BCUT2D eigenvalue weighted by Crippen LogP contribution is -1.92. The van der Waals surface area contributed by atoms with Crippen LogP contribution in [0.25, 0.3) is 0 Å². The Morgan fingerprint density at radius 3 is 2.50 bits per heavy atom. The third kappa shape index (κ3) is 1.27. The van der Waals surface area contributed by atoms with Crippen molar-refractivity contribution in [1.82, 2.24) is 9.19 Å². The second kappa shape index (κ2) is 3.10. The molecule has 5 nitrogen and oxygen atoms in total. The van der Waals surface area contributed by atoms with E-state index in [4.69, 9.17) is 0 Å². The van der Waals surface area contributed by atoms with E-state index in [9.17, 15) is 14.0 Å². The SMILES string of the molecule is Cc1nn(SF)c(C)c1[N+](=O)[O-]. The number of aryl methyl sites for hydroxylation is 1. The van der Waals surface area contributed by atoms with Crippen LogP contribution in [0.5, 0.6) is 0 Å². The fraction of sp³-hybridized carbons (Fsp3) is 0.400. The number of nitro groups is 1. The number of hydrogen-bond donors (Lipinski definition) is 0. The summed E-state index contributed by atoms with van der Waals surface area (Å²) in [5, 5.41) is 14.0. The van der Waals surface area contributed by atoms with E-state index in [2.05, 4.69) is 5.10 Å². The predicted molar refractivity (Wildman–Crippen MR) is 42.5 cm³/mol. The van der Waals surface area contributed by atoms with Crippen molar-refractivity contribution >= 4 is 18.0 Å². The molecule has 0 aliphatic heterocycles. The van der Waals surface area contributed by atoms with Crippen LogP contribution in [0, 0.1) is 24.0 Å². The lowest BCUT2D eigenvalue weighted by Gasteiger charge is -1.90. The van der Waals surface area contributed by atoms with Crippen LogP contribution in [0.2, 0.25) is 0 Å². The fourth-order valence-corrected chi connectivity index (χ4v) is 1.29. The van der Waals surface area contributed by atoms with Gasteiger partial charge in [0.2, 0.25) is 0 Å². The molecular weight excluding hydrogens is 185 g/mol. The van der Waals surface area contributed by atoms with Gasteiger partial charge in [0.1, 0.15) is 11.4 Å². The summed E-state index contributed by atoms with van der Waals surface area (Å²) in [6.07, 6.45) is 0. The van der Waals surface area contributed by atoms with Crippen molar-refractivity contribution in [2.24, 2.45) is 0 Å². The minimum absolute atomic E-state index is 0.125. The Hall–Kier alpha value is -1.11. The third-order valence-electron chi connectivity index (χ3n) is 1.46. The molecule has 0 saturated carbocycles. The molecule has 0 aliphatic rings. The molecule has 66 valence electrons. The molecule has 0 bridgehead atoms. The van der Waals surface area contributed by atoms with E-state index in [0.29, 0.717) is 0 Å². The topological polar surface area (TPSA) is 61.0 Å². The van der Waals surface area contributed by atoms with Crippen molar-refractivity contribution in [3.63, 3.8) is 0 Å². The minimum atomic E-state index is -0.565. The summed E-state index contributed by atoms with van der Waals surface area (Å²) in [6.45, 7) is 2.92. The van der Waals surface area contributed by atoms with Gasteiger partial charge in [-0.25, -0.2) is 0 Å². The molecule has 0 N–H and O–H groups in total. The highest BCUT2D eigenvalue weighted by Gasteiger charge is 2.21. The Labute approximate surface area is 72.1 Å². The van der Waals surface area contributed by atoms with Crippen LogP contribution < -0.4 is 0 Å². The summed E-state index contributed by atoms with van der Waals surface area (Å²) in [5.41, 5.74) is 0.313. The molecule has 1 aromatic heterocycles. The summed E-state index contributed by atoms with van der Waals surface area (Å²) in [4.78, 5) is 9.83. The molecule has 0 unspecified atom stereocenters. The smallest absolute Gasteiger partial charge is 0.258 e. The maximum Gasteiger partial charge on any atom is 0.313 e. The Morgan fingerprint density at radius 2 is 2.25 bits per heavy atom. The Kier molecular flexibility index (Phi) is 2.32. The largest absolute Gasteiger partial charge is 0.313 e. The first kappa shape index (κ1) is 8.98. The predicted octanol–water partition coefficient (Wildman–Crippen LogP) is 1.79. The normalized spacial score (nSPS) is 10.2. The van der Waals surface area contributed by atoms with E-state index in [-0.39, 0.29) is 29.4 Å². The highest BCUT2D eigenvalue weighted by atomic mass is 32.2. The van der Waals surface area contributed by atoms with E-state index in [1.165, 1.54) is 13.8 Å². The summed E-state index contributed by atoms with van der Waals surface area (Å²) in [7, 11) is 0. The van der Waals surface area contributed by atoms with Gasteiger partial charge in [-0.15, -0.1) is 3.89 Å². The zero-order valence-electron chi connectivity index (χ0n) is 6.44. The van der Waals surface area contributed by atoms with Crippen molar-refractivity contribution < 1.29 is 8.81 Å². The van der Waals surface area contributed by atoms with Crippen LogP contribution in [0.3, 0.4) is 0 Å². The molecule has 1 aromatic rings. The zero-order valence-corrected chi connectivity index (χ0v) is 7.26. The summed E-state index contributed by atoms with van der Waals surface area (Å²) >= 11 is -0.151. The van der Waals surface area contributed by atoms with E-state index < -0.39 is 4.92 Å². The van der Waals surface area contributed by atoms with Gasteiger partial charge in [0.15, 0.2) is 12.3 Å². The number of halogens is 1. The number of rotatable bonds is 2. The third-order valence-corrected chi connectivity index (χ3v) is 1.95. The molecule has 7 heteroatoms. The highest BCUT2D eigenvalue weighted by Crippen LogP contribution is 2.24. The van der Waals surface area contributed by atoms with Gasteiger partial charge in [0, 0.05) is 0 Å². The Bertz CT molecular complexity index is 325. The van der Waals surface area contributed by atoms with Gasteiger partial charge in [-0.2, -0.15) is 9.19 Å². The lowest BCUT2D eigenvalue weighted by molar-refractivity contribution is -0.386. The summed E-state index contributed by atoms with van der Waals surface area (Å²) in [5.74, 6) is 0. The molecule has 0 radical (unpaired) electrons. The van der Waals surface area contributed by atoms with Crippen LogP contribution in [0.1, 0.15) is 11.4 Å². The van der Waals surface area contributed by atoms with Gasteiger partial charge in [0.25, 0.3) is 0 Å². The standard InChI is InChI=1S/C5H6FN3O2S/c1-3-5(9(10)11)4(2)8(7-3)12-6/h1-2H3. The maximum absolute atomic E-state index is 12.0. The molecule has 0 aliphatic carbocycles. The van der Waals surface area contributed by atoms with Crippen LogP contribution in [0.15, 0.2) is 0 Å². The van der Waals surface area contributed by atoms with Gasteiger partial charge < -0.3 is 0 Å². The molecule has 0 saturated heterocycles. The van der Waals surface area contributed by atoms with Crippen molar-refractivity contribution in [2.45, 2.75) is 13.8 Å². The summed E-state index contributed by atoms with van der Waals surface area (Å²) in [6, 6.07) is 0. The second-order valence-corrected chi connectivity index (χ2v) is 2.70. The average molecular weight is 191 g/mol. The van der Waals surface area contributed by atoms with Crippen molar-refractivity contribution in [2.75, 3.05) is 0 Å². The molecule has 1 rings (SSSR count). The van der Waals surface area contributed by atoms with E-state index >= 15 is 0 Å². The second-order valence-electron chi connectivity index (χ2n) is 2.22. The summed E-state index contributed by atoms with van der Waals surface area (Å²) < 4.78 is 12.9. The van der Waals surface area contributed by atoms with Crippen LogP contribution >= 0.6 is 12.3 Å². The first-order chi connectivity index (χ1) is 5.57. The van der Waals surface area contributed by atoms with Crippen LogP contribution in [-0.4, -0.2) is 14.1 Å². The molecule has 0 spiro atoms. The quantitative estimate of drug-likeness (QED) is 0.528. The number of hydrogen-bond acceptors (Lipinski definition) is 4. The monoisotopic (exact) mass is 191 g/mol.